The summed E-state index contributed by atoms with van der Waals surface area (Å²) >= 11 is 1.03. The molecule has 0 aromatic carbocycles. The first-order valence-electron chi connectivity index (χ1n) is 5.65. The summed E-state index contributed by atoms with van der Waals surface area (Å²) in [5.74, 6) is -1.01. The van der Waals surface area contributed by atoms with E-state index in [1.165, 1.54) is 6.20 Å². The van der Waals surface area contributed by atoms with Crippen LogP contribution in [-0.4, -0.2) is 59.2 Å². The van der Waals surface area contributed by atoms with Gasteiger partial charge in [-0.05, 0) is 0 Å². The average molecular weight is 268 g/mol. The van der Waals surface area contributed by atoms with E-state index in [9.17, 15) is 9.59 Å². The quantitative estimate of drug-likeness (QED) is 0.792. The smallest absolute Gasteiger partial charge is 0.347 e. The van der Waals surface area contributed by atoms with Gasteiger partial charge < -0.3 is 15.3 Å². The molecule has 0 aliphatic carbocycles. The van der Waals surface area contributed by atoms with Crippen LogP contribution in [0.25, 0.3) is 0 Å². The van der Waals surface area contributed by atoms with Gasteiger partial charge in [-0.2, -0.15) is 0 Å². The highest BCUT2D eigenvalue weighted by Gasteiger charge is 2.40. The number of carboxylic acids is 1. The first kappa shape index (κ1) is 11.4. The van der Waals surface area contributed by atoms with E-state index in [1.54, 1.807) is 4.90 Å². The fourth-order valence-electron chi connectivity index (χ4n) is 2.27. The molecule has 3 heterocycles. The number of carbonyl (C=O) groups excluding carboxylic acids is 1. The lowest BCUT2D eigenvalue weighted by molar-refractivity contribution is 0.0702. The second-order valence-corrected chi connectivity index (χ2v) is 5.27. The van der Waals surface area contributed by atoms with Crippen LogP contribution in [0.1, 0.15) is 9.67 Å². The summed E-state index contributed by atoms with van der Waals surface area (Å²) < 4.78 is 0. The average Bonchev–Trinajstić information content (AvgIpc) is 2.95. The van der Waals surface area contributed by atoms with E-state index in [1.807, 2.05) is 4.90 Å². The van der Waals surface area contributed by atoms with Crippen molar-refractivity contribution in [2.75, 3.05) is 31.1 Å². The minimum absolute atomic E-state index is 0.0761. The zero-order valence-electron chi connectivity index (χ0n) is 9.50. The van der Waals surface area contributed by atoms with Gasteiger partial charge in [0.15, 0.2) is 5.13 Å². The number of thiazole rings is 1. The molecule has 2 aliphatic heterocycles. The van der Waals surface area contributed by atoms with Crippen molar-refractivity contribution in [2.45, 2.75) is 6.04 Å². The minimum atomic E-state index is -1.01. The molecule has 0 radical (unpaired) electrons. The Labute approximate surface area is 107 Å². The maximum atomic E-state index is 12.2. The lowest BCUT2D eigenvalue weighted by atomic mass is 10.2. The van der Waals surface area contributed by atoms with Crippen molar-refractivity contribution < 1.29 is 14.7 Å². The molecule has 2 aliphatic rings. The van der Waals surface area contributed by atoms with E-state index in [2.05, 4.69) is 10.3 Å². The van der Waals surface area contributed by atoms with Crippen molar-refractivity contribution >= 4 is 28.5 Å². The predicted octanol–water partition coefficient (Wildman–Crippen LogP) is 0.0551. The number of nitrogens with one attached hydrogen (secondary N) is 1. The molecule has 8 heteroatoms. The van der Waals surface area contributed by atoms with Gasteiger partial charge in [0, 0.05) is 19.6 Å². The van der Waals surface area contributed by atoms with Crippen molar-refractivity contribution in [1.29, 1.82) is 0 Å². The summed E-state index contributed by atoms with van der Waals surface area (Å²) in [5, 5.41) is 12.6. The maximum Gasteiger partial charge on any atom is 0.347 e. The standard InChI is InChI=1S/C10H12N4O3S/c15-8(16)7-4-12-9(18-7)14-5-6-3-11-1-2-13(6)10(14)17/h4,6,11H,1-3,5H2,(H,15,16). The molecule has 2 N–H and O–H groups in total. The Kier molecular flexibility index (Phi) is 2.67. The Morgan fingerprint density at radius 3 is 3.11 bits per heavy atom. The number of anilines is 1. The van der Waals surface area contributed by atoms with E-state index in [4.69, 9.17) is 5.11 Å². The van der Waals surface area contributed by atoms with E-state index in [-0.39, 0.29) is 17.0 Å². The number of fused-ring (bicyclic) bond motifs is 1. The van der Waals surface area contributed by atoms with Crippen molar-refractivity contribution in [2.24, 2.45) is 0 Å². The first-order chi connectivity index (χ1) is 8.66. The molecule has 1 atom stereocenters. The summed E-state index contributed by atoms with van der Waals surface area (Å²) in [4.78, 5) is 30.5. The van der Waals surface area contributed by atoms with E-state index in [0.717, 1.165) is 24.4 Å². The normalized spacial score (nSPS) is 23.3. The van der Waals surface area contributed by atoms with Crippen LogP contribution >= 0.6 is 11.3 Å². The molecular weight excluding hydrogens is 256 g/mol. The van der Waals surface area contributed by atoms with Crippen molar-refractivity contribution in [3.05, 3.63) is 11.1 Å². The van der Waals surface area contributed by atoms with Crippen molar-refractivity contribution in [3.8, 4) is 0 Å². The molecule has 0 bridgehead atoms. The summed E-state index contributed by atoms with van der Waals surface area (Å²) in [6.07, 6.45) is 1.30. The lowest BCUT2D eigenvalue weighted by Gasteiger charge is -2.28. The summed E-state index contributed by atoms with van der Waals surface area (Å²) in [5.41, 5.74) is 0. The lowest BCUT2D eigenvalue weighted by Crippen LogP contribution is -2.49. The van der Waals surface area contributed by atoms with Gasteiger partial charge in [0.2, 0.25) is 0 Å². The number of rotatable bonds is 2. The molecular formula is C10H12N4O3S. The molecule has 2 fully saturated rings. The molecule has 96 valence electrons. The summed E-state index contributed by atoms with van der Waals surface area (Å²) in [7, 11) is 0. The Morgan fingerprint density at radius 1 is 1.61 bits per heavy atom. The summed E-state index contributed by atoms with van der Waals surface area (Å²) in [6.45, 7) is 2.84. The van der Waals surface area contributed by atoms with Crippen LogP contribution in [0.4, 0.5) is 9.93 Å². The molecule has 1 aromatic rings. The van der Waals surface area contributed by atoms with Gasteiger partial charge in [0.25, 0.3) is 0 Å². The third-order valence-corrected chi connectivity index (χ3v) is 4.16. The van der Waals surface area contributed by atoms with Gasteiger partial charge in [0.05, 0.1) is 18.8 Å². The number of amides is 2. The number of urea groups is 1. The first-order valence-corrected chi connectivity index (χ1v) is 6.46. The molecule has 3 rings (SSSR count). The van der Waals surface area contributed by atoms with Gasteiger partial charge in [0.1, 0.15) is 4.88 Å². The molecule has 18 heavy (non-hydrogen) atoms. The number of hydrogen-bond donors (Lipinski definition) is 2. The number of aromatic nitrogens is 1. The molecule has 1 unspecified atom stereocenters. The minimum Gasteiger partial charge on any atom is -0.477 e. The molecule has 0 spiro atoms. The number of aromatic carboxylic acids is 1. The second kappa shape index (κ2) is 4.21. The number of carbonyl (C=O) groups is 2. The zero-order valence-corrected chi connectivity index (χ0v) is 10.3. The molecule has 0 saturated carbocycles. The van der Waals surface area contributed by atoms with Crippen LogP contribution in [0.15, 0.2) is 6.20 Å². The number of piperazine rings is 1. The van der Waals surface area contributed by atoms with E-state index >= 15 is 0 Å². The van der Waals surface area contributed by atoms with Crippen LogP contribution in [0.2, 0.25) is 0 Å². The number of nitrogens with zero attached hydrogens (tertiary/aromatic N) is 3. The SMILES string of the molecule is O=C(O)c1cnc(N2CC3CNCCN3C2=O)s1. The second-order valence-electron chi connectivity index (χ2n) is 4.26. The highest BCUT2D eigenvalue weighted by atomic mass is 32.1. The number of carboxylic acid groups (broad SMARTS) is 1. The number of hydrogen-bond acceptors (Lipinski definition) is 5. The van der Waals surface area contributed by atoms with Crippen LogP contribution < -0.4 is 10.2 Å². The highest BCUT2D eigenvalue weighted by molar-refractivity contribution is 7.17. The predicted molar refractivity (Wildman–Crippen MR) is 65.2 cm³/mol. The van der Waals surface area contributed by atoms with Crippen LogP contribution in [0.5, 0.6) is 0 Å². The highest BCUT2D eigenvalue weighted by Crippen LogP contribution is 2.28. The monoisotopic (exact) mass is 268 g/mol. The van der Waals surface area contributed by atoms with E-state index < -0.39 is 5.97 Å². The third-order valence-electron chi connectivity index (χ3n) is 3.16. The van der Waals surface area contributed by atoms with Crippen molar-refractivity contribution in [1.82, 2.24) is 15.2 Å². The van der Waals surface area contributed by atoms with Crippen LogP contribution in [-0.2, 0) is 0 Å². The van der Waals surface area contributed by atoms with Gasteiger partial charge in [-0.25, -0.2) is 14.6 Å². The molecule has 7 nitrogen and oxygen atoms in total. The Balaban J connectivity index is 1.84. The Bertz CT molecular complexity index is 503. The largest absolute Gasteiger partial charge is 0.477 e. The van der Waals surface area contributed by atoms with Gasteiger partial charge in [-0.1, -0.05) is 11.3 Å². The zero-order chi connectivity index (χ0) is 12.7. The van der Waals surface area contributed by atoms with E-state index in [0.29, 0.717) is 18.2 Å². The van der Waals surface area contributed by atoms with Crippen LogP contribution in [0, 0.1) is 0 Å². The molecule has 2 saturated heterocycles. The van der Waals surface area contributed by atoms with Gasteiger partial charge in [-0.15, -0.1) is 0 Å². The third kappa shape index (κ3) is 1.73. The molecule has 1 aromatic heterocycles. The fraction of sp³-hybridized carbons (Fsp3) is 0.500. The summed E-state index contributed by atoms with van der Waals surface area (Å²) in [6, 6.07) is 0.0798. The van der Waals surface area contributed by atoms with Gasteiger partial charge >= 0.3 is 12.0 Å². The topological polar surface area (TPSA) is 85.8 Å². The van der Waals surface area contributed by atoms with Crippen molar-refractivity contribution in [3.63, 3.8) is 0 Å². The van der Waals surface area contributed by atoms with Gasteiger partial charge in [-0.3, -0.25) is 4.90 Å². The maximum absolute atomic E-state index is 12.2. The Hall–Kier alpha value is -1.67. The van der Waals surface area contributed by atoms with Crippen LogP contribution in [0.3, 0.4) is 0 Å². The Morgan fingerprint density at radius 2 is 2.44 bits per heavy atom. The molecule has 2 amide bonds. The fourth-order valence-corrected chi connectivity index (χ4v) is 3.03.